The number of aliphatic hydroxyl groups is 9. The summed E-state index contributed by atoms with van der Waals surface area (Å²) in [5.74, 6) is -2.39. The van der Waals surface area contributed by atoms with Crippen LogP contribution in [0.1, 0.15) is 6.92 Å². The SMILES string of the molecule is CC(=O)N[C@@H]1[C@@H](O[C@H]2O[C@H](CO)[C@H](O)[C@H](O[C@H]3O[C@H](C(=O)O)[C@H](O)[C@H](O)[C@H]3O)[C@H]2O)[C@H](O)[C@@H](CO)O[C@H]1O. The van der Waals surface area contributed by atoms with Crippen molar-refractivity contribution in [3.8, 4) is 0 Å². The predicted octanol–water partition coefficient (Wildman–Crippen LogP) is -7.34. The van der Waals surface area contributed by atoms with Gasteiger partial charge in [0.2, 0.25) is 5.91 Å². The van der Waals surface area contributed by atoms with Crippen molar-refractivity contribution in [2.75, 3.05) is 13.2 Å². The van der Waals surface area contributed by atoms with Crippen LogP contribution in [-0.2, 0) is 33.3 Å². The molecule has 18 nitrogen and oxygen atoms in total. The monoisotopic (exact) mass is 559 g/mol. The van der Waals surface area contributed by atoms with E-state index in [1.54, 1.807) is 0 Å². The molecule has 11 N–H and O–H groups in total. The van der Waals surface area contributed by atoms with Crippen LogP contribution in [0.25, 0.3) is 0 Å². The van der Waals surface area contributed by atoms with Gasteiger partial charge in [0.15, 0.2) is 25.0 Å². The van der Waals surface area contributed by atoms with Crippen LogP contribution in [0.15, 0.2) is 0 Å². The summed E-state index contributed by atoms with van der Waals surface area (Å²) < 4.78 is 26.4. The number of hydrogen-bond acceptors (Lipinski definition) is 16. The van der Waals surface area contributed by atoms with Gasteiger partial charge in [-0.25, -0.2) is 4.79 Å². The fourth-order valence-electron chi connectivity index (χ4n) is 4.44. The van der Waals surface area contributed by atoms with Crippen LogP contribution in [-0.4, -0.2) is 168 Å². The van der Waals surface area contributed by atoms with Gasteiger partial charge in [-0.15, -0.1) is 0 Å². The maximum absolute atomic E-state index is 11.6. The molecular formula is C20H33NO17. The number of carboxylic acids is 1. The Kier molecular flexibility index (Phi) is 10.3. The van der Waals surface area contributed by atoms with E-state index >= 15 is 0 Å². The van der Waals surface area contributed by atoms with Crippen molar-refractivity contribution in [2.24, 2.45) is 0 Å². The highest BCUT2D eigenvalue weighted by Gasteiger charge is 2.54. The number of carbonyl (C=O) groups excluding carboxylic acids is 1. The summed E-state index contributed by atoms with van der Waals surface area (Å²) in [4.78, 5) is 23.0. The lowest BCUT2D eigenvalue weighted by atomic mass is 9.95. The van der Waals surface area contributed by atoms with Gasteiger partial charge in [0.1, 0.15) is 67.1 Å². The second kappa shape index (κ2) is 12.7. The minimum atomic E-state index is -2.06. The van der Waals surface area contributed by atoms with Gasteiger partial charge in [-0.3, -0.25) is 4.79 Å². The number of aliphatic carboxylic acids is 1. The van der Waals surface area contributed by atoms with E-state index in [0.29, 0.717) is 0 Å². The highest BCUT2D eigenvalue weighted by atomic mass is 16.7. The molecular weight excluding hydrogens is 526 g/mol. The number of carboxylic acid groups (broad SMARTS) is 1. The molecule has 38 heavy (non-hydrogen) atoms. The smallest absolute Gasteiger partial charge is 0.335 e. The second-order valence-electron chi connectivity index (χ2n) is 9.11. The first-order chi connectivity index (χ1) is 17.8. The number of rotatable bonds is 8. The van der Waals surface area contributed by atoms with Crippen LogP contribution < -0.4 is 5.32 Å². The Morgan fingerprint density at radius 3 is 1.79 bits per heavy atom. The third-order valence-corrected chi connectivity index (χ3v) is 6.46. The number of aliphatic hydroxyl groups excluding tert-OH is 9. The molecule has 3 rings (SSSR count). The molecule has 0 unspecified atom stereocenters. The zero-order valence-electron chi connectivity index (χ0n) is 19.9. The Morgan fingerprint density at radius 2 is 1.24 bits per heavy atom. The molecule has 3 aliphatic heterocycles. The van der Waals surface area contributed by atoms with Crippen LogP contribution in [0.4, 0.5) is 0 Å². The van der Waals surface area contributed by atoms with Gasteiger partial charge in [0.25, 0.3) is 0 Å². The average molecular weight is 559 g/mol. The summed E-state index contributed by atoms with van der Waals surface area (Å²) in [6, 6.07) is -1.45. The molecule has 0 aromatic rings. The molecule has 0 aliphatic carbocycles. The van der Waals surface area contributed by atoms with E-state index in [1.165, 1.54) is 0 Å². The molecule has 1 amide bonds. The van der Waals surface area contributed by atoms with Crippen LogP contribution in [0, 0.1) is 0 Å². The maximum atomic E-state index is 11.6. The van der Waals surface area contributed by atoms with Crippen molar-refractivity contribution in [1.82, 2.24) is 5.32 Å². The second-order valence-corrected chi connectivity index (χ2v) is 9.11. The van der Waals surface area contributed by atoms with Crippen molar-refractivity contribution in [2.45, 2.75) is 99.0 Å². The molecule has 220 valence electrons. The molecule has 0 aromatic heterocycles. The quantitative estimate of drug-likeness (QED) is 0.132. The first-order valence-corrected chi connectivity index (χ1v) is 11.6. The summed E-state index contributed by atoms with van der Waals surface area (Å²) in [7, 11) is 0. The normalized spacial score (nSPS) is 47.9. The molecule has 0 saturated carbocycles. The van der Waals surface area contributed by atoms with Crippen molar-refractivity contribution in [3.05, 3.63) is 0 Å². The number of hydrogen-bond donors (Lipinski definition) is 11. The molecule has 0 spiro atoms. The average Bonchev–Trinajstić information content (AvgIpc) is 2.86. The molecule has 3 saturated heterocycles. The molecule has 3 heterocycles. The zero-order valence-corrected chi connectivity index (χ0v) is 19.9. The van der Waals surface area contributed by atoms with E-state index in [1.807, 2.05) is 0 Å². The van der Waals surface area contributed by atoms with E-state index < -0.39 is 117 Å². The third kappa shape index (κ3) is 6.24. The predicted molar refractivity (Wildman–Crippen MR) is 113 cm³/mol. The van der Waals surface area contributed by atoms with Gasteiger partial charge in [0, 0.05) is 6.92 Å². The number of carbonyl (C=O) groups is 2. The van der Waals surface area contributed by atoms with Crippen molar-refractivity contribution in [1.29, 1.82) is 0 Å². The molecule has 0 aromatic carbocycles. The third-order valence-electron chi connectivity index (χ3n) is 6.46. The summed E-state index contributed by atoms with van der Waals surface area (Å²) in [6.07, 6.45) is -25.8. The van der Waals surface area contributed by atoms with E-state index in [0.717, 1.165) is 6.92 Å². The topological polar surface area (TPSA) is 295 Å². The van der Waals surface area contributed by atoms with E-state index in [4.69, 9.17) is 23.7 Å². The lowest BCUT2D eigenvalue weighted by Gasteiger charge is -2.48. The first kappa shape index (κ1) is 30.9. The molecule has 3 fully saturated rings. The summed E-state index contributed by atoms with van der Waals surface area (Å²) in [5.41, 5.74) is 0. The van der Waals surface area contributed by atoms with Gasteiger partial charge in [0.05, 0.1) is 13.2 Å². The van der Waals surface area contributed by atoms with Gasteiger partial charge >= 0.3 is 5.97 Å². The highest BCUT2D eigenvalue weighted by molar-refractivity contribution is 5.73. The van der Waals surface area contributed by atoms with Gasteiger partial charge in [-0.1, -0.05) is 0 Å². The Balaban J connectivity index is 1.85. The summed E-state index contributed by atoms with van der Waals surface area (Å²) >= 11 is 0. The first-order valence-electron chi connectivity index (χ1n) is 11.6. The van der Waals surface area contributed by atoms with Crippen molar-refractivity contribution < 1.29 is 84.3 Å². The number of ether oxygens (including phenoxy) is 5. The van der Waals surface area contributed by atoms with Gasteiger partial charge < -0.3 is 80.1 Å². The Morgan fingerprint density at radius 1 is 0.711 bits per heavy atom. The van der Waals surface area contributed by atoms with Crippen LogP contribution in [0.5, 0.6) is 0 Å². The van der Waals surface area contributed by atoms with E-state index in [-0.39, 0.29) is 0 Å². The largest absolute Gasteiger partial charge is 0.479 e. The van der Waals surface area contributed by atoms with Crippen molar-refractivity contribution >= 4 is 11.9 Å². The molecule has 0 radical (unpaired) electrons. The summed E-state index contributed by atoms with van der Waals surface area (Å²) in [6.45, 7) is -0.569. The Labute approximate surface area is 214 Å². The lowest BCUT2D eigenvalue weighted by molar-refractivity contribution is -0.370. The Hall–Kier alpha value is -1.62. The summed E-state index contributed by atoms with van der Waals surface area (Å²) in [5, 5.41) is 103. The molecule has 3 aliphatic rings. The minimum absolute atomic E-state index is 0.673. The van der Waals surface area contributed by atoms with Crippen LogP contribution in [0.2, 0.25) is 0 Å². The fraction of sp³-hybridized carbons (Fsp3) is 0.900. The van der Waals surface area contributed by atoms with Crippen molar-refractivity contribution in [3.63, 3.8) is 0 Å². The molecule has 15 atom stereocenters. The lowest BCUT2D eigenvalue weighted by Crippen LogP contribution is -2.68. The highest BCUT2D eigenvalue weighted by Crippen LogP contribution is 2.32. The van der Waals surface area contributed by atoms with Gasteiger partial charge in [-0.2, -0.15) is 0 Å². The zero-order chi connectivity index (χ0) is 28.5. The number of nitrogens with one attached hydrogen (secondary N) is 1. The van der Waals surface area contributed by atoms with E-state index in [2.05, 4.69) is 5.32 Å². The van der Waals surface area contributed by atoms with Crippen LogP contribution in [0.3, 0.4) is 0 Å². The van der Waals surface area contributed by atoms with E-state index in [9.17, 15) is 60.7 Å². The van der Waals surface area contributed by atoms with Crippen LogP contribution >= 0.6 is 0 Å². The molecule has 0 bridgehead atoms. The standard InChI is InChI=1S/C20H33NO17/c1-4(24)21-7-14(8(25)5(2-22)34-18(7)33)36-20-13(30)15(9(26)6(3-23)35-20)37-19-12(29)10(27)11(28)16(38-19)17(31)32/h5-16,18-20,22-23,25-30,33H,2-3H2,1H3,(H,21,24)(H,31,32)/t5-,6-,7-,8-,9+,10+,11-,12-,13-,14-,15+,16+,18-,19+,20-/m1/s1. The van der Waals surface area contributed by atoms with Gasteiger partial charge in [-0.05, 0) is 0 Å². The molecule has 18 heteroatoms. The Bertz CT molecular complexity index is 818. The minimum Gasteiger partial charge on any atom is -0.479 e. The maximum Gasteiger partial charge on any atom is 0.335 e. The fourth-order valence-corrected chi connectivity index (χ4v) is 4.44. The number of amides is 1.